The second kappa shape index (κ2) is 10.0. The van der Waals surface area contributed by atoms with Crippen LogP contribution in [0.5, 0.6) is 5.75 Å². The SMILES string of the molecule is O=C(COc1ccc2cc(Br)ccc2c1)NCCNC(=O)Cc1ccc(F)cc1. The van der Waals surface area contributed by atoms with Crippen LogP contribution in [0, 0.1) is 5.82 Å². The number of hydrogen-bond acceptors (Lipinski definition) is 3. The summed E-state index contributed by atoms with van der Waals surface area (Å²) >= 11 is 3.43. The van der Waals surface area contributed by atoms with Crippen molar-refractivity contribution < 1.29 is 18.7 Å². The summed E-state index contributed by atoms with van der Waals surface area (Å²) in [7, 11) is 0. The van der Waals surface area contributed by atoms with Crippen LogP contribution in [-0.4, -0.2) is 31.5 Å². The van der Waals surface area contributed by atoms with Gasteiger partial charge in [0.15, 0.2) is 6.61 Å². The van der Waals surface area contributed by atoms with E-state index in [2.05, 4.69) is 26.6 Å². The molecule has 0 aromatic heterocycles. The van der Waals surface area contributed by atoms with Crippen LogP contribution in [0.15, 0.2) is 65.1 Å². The molecule has 3 rings (SSSR count). The van der Waals surface area contributed by atoms with E-state index in [-0.39, 0.29) is 30.7 Å². The summed E-state index contributed by atoms with van der Waals surface area (Å²) in [4.78, 5) is 23.7. The molecule has 0 saturated carbocycles. The second-order valence-electron chi connectivity index (χ2n) is 6.45. The first-order chi connectivity index (χ1) is 14.0. The number of rotatable bonds is 8. The van der Waals surface area contributed by atoms with Crippen molar-refractivity contribution in [3.63, 3.8) is 0 Å². The molecule has 3 aromatic rings. The van der Waals surface area contributed by atoms with Gasteiger partial charge >= 0.3 is 0 Å². The van der Waals surface area contributed by atoms with Gasteiger partial charge in [0.1, 0.15) is 11.6 Å². The normalized spacial score (nSPS) is 10.6. The summed E-state index contributed by atoms with van der Waals surface area (Å²) in [5.41, 5.74) is 0.726. The van der Waals surface area contributed by atoms with E-state index < -0.39 is 0 Å². The number of carbonyl (C=O) groups excluding carboxylic acids is 2. The summed E-state index contributed by atoms with van der Waals surface area (Å²) < 4.78 is 19.4. The Morgan fingerprint density at radius 3 is 2.28 bits per heavy atom. The Morgan fingerprint density at radius 2 is 1.52 bits per heavy atom. The Kier molecular flexibility index (Phi) is 7.19. The number of nitrogens with one attached hydrogen (secondary N) is 2. The first-order valence-electron chi connectivity index (χ1n) is 9.09. The molecule has 150 valence electrons. The van der Waals surface area contributed by atoms with Gasteiger partial charge in [-0.2, -0.15) is 0 Å². The molecule has 0 unspecified atom stereocenters. The Bertz CT molecular complexity index is 1010. The number of ether oxygens (including phenoxy) is 1. The fourth-order valence-corrected chi connectivity index (χ4v) is 3.12. The lowest BCUT2D eigenvalue weighted by Gasteiger charge is -2.09. The maximum Gasteiger partial charge on any atom is 0.258 e. The third-order valence-electron chi connectivity index (χ3n) is 4.19. The first kappa shape index (κ1) is 20.8. The predicted molar refractivity (Wildman–Crippen MR) is 113 cm³/mol. The molecule has 0 aliphatic carbocycles. The van der Waals surface area contributed by atoms with E-state index in [9.17, 15) is 14.0 Å². The van der Waals surface area contributed by atoms with Gasteiger partial charge in [0.25, 0.3) is 5.91 Å². The third kappa shape index (κ3) is 6.57. The van der Waals surface area contributed by atoms with Crippen molar-refractivity contribution in [1.29, 1.82) is 0 Å². The standard InChI is InChI=1S/C22H20BrFN2O3/c23-18-5-3-17-13-20(8-4-16(17)12-18)29-14-22(28)26-10-9-25-21(27)11-15-1-6-19(24)7-2-15/h1-8,12-13H,9-11,14H2,(H,25,27)(H,26,28). The van der Waals surface area contributed by atoms with E-state index in [1.54, 1.807) is 12.1 Å². The maximum absolute atomic E-state index is 12.9. The van der Waals surface area contributed by atoms with Gasteiger partial charge in [-0.1, -0.05) is 40.2 Å². The van der Waals surface area contributed by atoms with Crippen molar-refractivity contribution in [2.45, 2.75) is 6.42 Å². The zero-order chi connectivity index (χ0) is 20.6. The van der Waals surface area contributed by atoms with Gasteiger partial charge < -0.3 is 15.4 Å². The summed E-state index contributed by atoms with van der Waals surface area (Å²) in [5, 5.41) is 7.50. The van der Waals surface area contributed by atoms with Crippen molar-refractivity contribution in [1.82, 2.24) is 10.6 Å². The largest absolute Gasteiger partial charge is 0.484 e. The second-order valence-corrected chi connectivity index (χ2v) is 7.36. The number of benzene rings is 3. The number of fused-ring (bicyclic) bond motifs is 1. The molecule has 0 spiro atoms. The highest BCUT2D eigenvalue weighted by molar-refractivity contribution is 9.10. The van der Waals surface area contributed by atoms with Crippen molar-refractivity contribution in [2.24, 2.45) is 0 Å². The lowest BCUT2D eigenvalue weighted by atomic mass is 10.1. The average molecular weight is 459 g/mol. The van der Waals surface area contributed by atoms with Gasteiger partial charge in [-0.15, -0.1) is 0 Å². The van der Waals surface area contributed by atoms with Crippen molar-refractivity contribution >= 4 is 38.5 Å². The molecule has 0 bridgehead atoms. The molecule has 0 heterocycles. The van der Waals surface area contributed by atoms with Crippen LogP contribution in [0.1, 0.15) is 5.56 Å². The van der Waals surface area contributed by atoms with Crippen LogP contribution >= 0.6 is 15.9 Å². The monoisotopic (exact) mass is 458 g/mol. The van der Waals surface area contributed by atoms with Crippen LogP contribution in [0.2, 0.25) is 0 Å². The molecular formula is C22H20BrFN2O3. The minimum atomic E-state index is -0.337. The fraction of sp³-hybridized carbons (Fsp3) is 0.182. The van der Waals surface area contributed by atoms with E-state index in [0.717, 1.165) is 20.8 Å². The molecule has 5 nitrogen and oxygen atoms in total. The van der Waals surface area contributed by atoms with Crippen molar-refractivity contribution in [3.8, 4) is 5.75 Å². The number of hydrogen-bond donors (Lipinski definition) is 2. The average Bonchev–Trinajstić information content (AvgIpc) is 2.71. The quantitative estimate of drug-likeness (QED) is 0.506. The molecule has 2 N–H and O–H groups in total. The number of amides is 2. The van der Waals surface area contributed by atoms with Crippen LogP contribution in [0.25, 0.3) is 10.8 Å². The van der Waals surface area contributed by atoms with Gasteiger partial charge in [-0.3, -0.25) is 9.59 Å². The predicted octanol–water partition coefficient (Wildman–Crippen LogP) is 3.60. The minimum absolute atomic E-state index is 0.106. The van der Waals surface area contributed by atoms with E-state index in [4.69, 9.17) is 4.74 Å². The topological polar surface area (TPSA) is 67.4 Å². The minimum Gasteiger partial charge on any atom is -0.484 e. The Hall–Kier alpha value is -2.93. The first-order valence-corrected chi connectivity index (χ1v) is 9.89. The molecule has 0 saturated heterocycles. The van der Waals surface area contributed by atoms with Gasteiger partial charge in [-0.25, -0.2) is 4.39 Å². The van der Waals surface area contributed by atoms with Gasteiger partial charge in [0.05, 0.1) is 6.42 Å². The molecular weight excluding hydrogens is 439 g/mol. The molecule has 3 aromatic carbocycles. The molecule has 2 amide bonds. The summed E-state index contributed by atoms with van der Waals surface area (Å²) in [6.45, 7) is 0.491. The molecule has 0 fully saturated rings. The summed E-state index contributed by atoms with van der Waals surface area (Å²) in [6.07, 6.45) is 0.163. The molecule has 0 aliphatic rings. The van der Waals surface area contributed by atoms with Crippen LogP contribution in [0.4, 0.5) is 4.39 Å². The lowest BCUT2D eigenvalue weighted by molar-refractivity contribution is -0.124. The molecule has 0 radical (unpaired) electrons. The smallest absolute Gasteiger partial charge is 0.258 e. The van der Waals surface area contributed by atoms with Gasteiger partial charge in [0.2, 0.25) is 5.91 Å². The van der Waals surface area contributed by atoms with Crippen molar-refractivity contribution in [3.05, 3.63) is 76.5 Å². The summed E-state index contributed by atoms with van der Waals surface area (Å²) in [6, 6.07) is 17.3. The van der Waals surface area contributed by atoms with E-state index in [1.165, 1.54) is 12.1 Å². The molecule has 0 atom stereocenters. The molecule has 0 aliphatic heterocycles. The van der Waals surface area contributed by atoms with Crippen LogP contribution in [-0.2, 0) is 16.0 Å². The zero-order valence-electron chi connectivity index (χ0n) is 15.6. The van der Waals surface area contributed by atoms with E-state index >= 15 is 0 Å². The van der Waals surface area contributed by atoms with Crippen LogP contribution < -0.4 is 15.4 Å². The van der Waals surface area contributed by atoms with Gasteiger partial charge in [0, 0.05) is 17.6 Å². The lowest BCUT2D eigenvalue weighted by Crippen LogP contribution is -2.37. The zero-order valence-corrected chi connectivity index (χ0v) is 17.2. The molecule has 29 heavy (non-hydrogen) atoms. The van der Waals surface area contributed by atoms with E-state index in [0.29, 0.717) is 18.8 Å². The van der Waals surface area contributed by atoms with Crippen LogP contribution in [0.3, 0.4) is 0 Å². The number of carbonyl (C=O) groups is 2. The highest BCUT2D eigenvalue weighted by Gasteiger charge is 2.06. The number of halogens is 2. The van der Waals surface area contributed by atoms with Crippen molar-refractivity contribution in [2.75, 3.05) is 19.7 Å². The summed E-state index contributed by atoms with van der Waals surface area (Å²) in [5.74, 6) is -0.183. The maximum atomic E-state index is 12.9. The fourth-order valence-electron chi connectivity index (χ4n) is 2.74. The highest BCUT2D eigenvalue weighted by Crippen LogP contribution is 2.24. The third-order valence-corrected chi connectivity index (χ3v) is 4.68. The Balaban J connectivity index is 1.35. The van der Waals surface area contributed by atoms with Gasteiger partial charge in [-0.05, 0) is 52.7 Å². The van der Waals surface area contributed by atoms with E-state index in [1.807, 2.05) is 36.4 Å². The highest BCUT2D eigenvalue weighted by atomic mass is 79.9. The molecule has 7 heteroatoms. The Labute approximate surface area is 176 Å². The Morgan fingerprint density at radius 1 is 0.862 bits per heavy atom.